The fourth-order valence-corrected chi connectivity index (χ4v) is 3.03. The molecule has 1 aromatic rings. The van der Waals surface area contributed by atoms with Gasteiger partial charge in [-0.2, -0.15) is 0 Å². The minimum Gasteiger partial charge on any atom is -0.341 e. The molecule has 2 nitrogen and oxygen atoms in total. The number of carbonyl (C=O) groups is 1. The zero-order valence-electron chi connectivity index (χ0n) is 11.1. The van der Waals surface area contributed by atoms with Crippen molar-refractivity contribution in [3.63, 3.8) is 0 Å². The molecule has 0 atom stereocenters. The summed E-state index contributed by atoms with van der Waals surface area (Å²) in [5, 5.41) is 0. The SMILES string of the molecule is CN(Cc1ccc(Br)cc1)C(=O)C1(C)CCCC1. The van der Waals surface area contributed by atoms with Gasteiger partial charge in [-0.05, 0) is 30.5 Å². The van der Waals surface area contributed by atoms with Gasteiger partial charge >= 0.3 is 0 Å². The lowest BCUT2D eigenvalue weighted by Crippen LogP contribution is -2.38. The van der Waals surface area contributed by atoms with Crippen LogP contribution in [0.4, 0.5) is 0 Å². The number of hydrogen-bond acceptors (Lipinski definition) is 1. The molecule has 0 unspecified atom stereocenters. The van der Waals surface area contributed by atoms with Gasteiger partial charge in [0.1, 0.15) is 0 Å². The van der Waals surface area contributed by atoms with Gasteiger partial charge in [-0.1, -0.05) is 47.8 Å². The van der Waals surface area contributed by atoms with Crippen LogP contribution in [-0.4, -0.2) is 17.9 Å². The number of hydrogen-bond donors (Lipinski definition) is 0. The highest BCUT2D eigenvalue weighted by Gasteiger charge is 2.37. The fraction of sp³-hybridized carbons (Fsp3) is 0.533. The van der Waals surface area contributed by atoms with Crippen molar-refractivity contribution in [3.05, 3.63) is 34.3 Å². The second kappa shape index (κ2) is 5.43. The molecule has 0 aliphatic heterocycles. The molecule has 0 radical (unpaired) electrons. The third kappa shape index (κ3) is 2.94. The number of carbonyl (C=O) groups excluding carboxylic acids is 1. The summed E-state index contributed by atoms with van der Waals surface area (Å²) in [5.41, 5.74) is 1.06. The maximum atomic E-state index is 12.5. The molecule has 0 heterocycles. The monoisotopic (exact) mass is 309 g/mol. The molecular formula is C15H20BrNO. The second-order valence-electron chi connectivity index (χ2n) is 5.56. The lowest BCUT2D eigenvalue weighted by molar-refractivity contribution is -0.140. The van der Waals surface area contributed by atoms with Crippen LogP contribution < -0.4 is 0 Å². The Morgan fingerprint density at radius 1 is 1.28 bits per heavy atom. The van der Waals surface area contributed by atoms with Crippen LogP contribution in [0, 0.1) is 5.41 Å². The summed E-state index contributed by atoms with van der Waals surface area (Å²) in [4.78, 5) is 14.3. The first-order valence-electron chi connectivity index (χ1n) is 6.51. The molecule has 98 valence electrons. The standard InChI is InChI=1S/C15H20BrNO/c1-15(9-3-4-10-15)14(18)17(2)11-12-5-7-13(16)8-6-12/h5-8H,3-4,9-11H2,1-2H3. The van der Waals surface area contributed by atoms with Crippen LogP contribution in [0.15, 0.2) is 28.7 Å². The quantitative estimate of drug-likeness (QED) is 0.827. The summed E-state index contributed by atoms with van der Waals surface area (Å²) >= 11 is 3.42. The van der Waals surface area contributed by atoms with E-state index >= 15 is 0 Å². The Kier molecular flexibility index (Phi) is 4.10. The van der Waals surface area contributed by atoms with Crippen molar-refractivity contribution in [1.82, 2.24) is 4.90 Å². The lowest BCUT2D eigenvalue weighted by Gasteiger charge is -2.29. The van der Waals surface area contributed by atoms with Crippen molar-refractivity contribution in [2.45, 2.75) is 39.2 Å². The van der Waals surface area contributed by atoms with E-state index in [1.807, 2.05) is 24.1 Å². The molecule has 0 aromatic heterocycles. The Morgan fingerprint density at radius 3 is 2.39 bits per heavy atom. The zero-order chi connectivity index (χ0) is 13.2. The minimum atomic E-state index is -0.121. The number of amides is 1. The summed E-state index contributed by atoms with van der Waals surface area (Å²) in [5.74, 6) is 0.294. The van der Waals surface area contributed by atoms with E-state index in [0.717, 1.165) is 17.3 Å². The van der Waals surface area contributed by atoms with Gasteiger partial charge in [0.15, 0.2) is 0 Å². The van der Waals surface area contributed by atoms with Gasteiger partial charge in [0.25, 0.3) is 0 Å². The van der Waals surface area contributed by atoms with E-state index < -0.39 is 0 Å². The number of halogens is 1. The smallest absolute Gasteiger partial charge is 0.228 e. The van der Waals surface area contributed by atoms with Crippen LogP contribution in [0.3, 0.4) is 0 Å². The molecule has 1 amide bonds. The first kappa shape index (κ1) is 13.6. The van der Waals surface area contributed by atoms with Crippen LogP contribution in [0.5, 0.6) is 0 Å². The molecule has 0 N–H and O–H groups in total. The fourth-order valence-electron chi connectivity index (χ4n) is 2.77. The largest absolute Gasteiger partial charge is 0.341 e. The molecule has 2 rings (SSSR count). The van der Waals surface area contributed by atoms with Gasteiger partial charge in [-0.15, -0.1) is 0 Å². The molecule has 0 spiro atoms. The molecule has 0 saturated heterocycles. The Morgan fingerprint density at radius 2 is 1.83 bits per heavy atom. The highest BCUT2D eigenvalue weighted by molar-refractivity contribution is 9.10. The molecule has 1 fully saturated rings. The molecule has 0 bridgehead atoms. The Labute approximate surface area is 117 Å². The van der Waals surface area contributed by atoms with Crippen molar-refractivity contribution in [2.24, 2.45) is 5.41 Å². The molecule has 3 heteroatoms. The van der Waals surface area contributed by atoms with E-state index in [-0.39, 0.29) is 5.41 Å². The zero-order valence-corrected chi connectivity index (χ0v) is 12.7. The average molecular weight is 310 g/mol. The van der Waals surface area contributed by atoms with Crippen LogP contribution in [0.25, 0.3) is 0 Å². The molecule has 1 saturated carbocycles. The summed E-state index contributed by atoms with van der Waals surface area (Å²) in [7, 11) is 1.91. The van der Waals surface area contributed by atoms with Crippen molar-refractivity contribution < 1.29 is 4.79 Å². The van der Waals surface area contributed by atoms with Crippen LogP contribution in [0.1, 0.15) is 38.2 Å². The summed E-state index contributed by atoms with van der Waals surface area (Å²) < 4.78 is 1.07. The van der Waals surface area contributed by atoms with Gasteiger partial charge in [0.05, 0.1) is 0 Å². The summed E-state index contributed by atoms with van der Waals surface area (Å²) in [6, 6.07) is 8.16. The lowest BCUT2D eigenvalue weighted by atomic mass is 9.87. The van der Waals surface area contributed by atoms with Crippen LogP contribution in [-0.2, 0) is 11.3 Å². The molecular weight excluding hydrogens is 290 g/mol. The molecule has 1 aliphatic carbocycles. The van der Waals surface area contributed by atoms with Crippen LogP contribution >= 0.6 is 15.9 Å². The van der Waals surface area contributed by atoms with Gasteiger partial charge in [0, 0.05) is 23.5 Å². The summed E-state index contributed by atoms with van der Waals surface area (Å²) in [6.07, 6.45) is 4.45. The maximum Gasteiger partial charge on any atom is 0.228 e. The predicted octanol–water partition coefficient (Wildman–Crippen LogP) is 3.99. The van der Waals surface area contributed by atoms with E-state index in [1.54, 1.807) is 0 Å². The topological polar surface area (TPSA) is 20.3 Å². The number of benzene rings is 1. The third-order valence-electron chi connectivity index (χ3n) is 3.90. The highest BCUT2D eigenvalue weighted by atomic mass is 79.9. The molecule has 18 heavy (non-hydrogen) atoms. The highest BCUT2D eigenvalue weighted by Crippen LogP contribution is 2.39. The van der Waals surface area contributed by atoms with E-state index in [0.29, 0.717) is 12.5 Å². The number of rotatable bonds is 3. The van der Waals surface area contributed by atoms with Crippen molar-refractivity contribution in [3.8, 4) is 0 Å². The Bertz CT molecular complexity index is 421. The Balaban J connectivity index is 2.01. The van der Waals surface area contributed by atoms with Crippen LogP contribution in [0.2, 0.25) is 0 Å². The van der Waals surface area contributed by atoms with Crippen molar-refractivity contribution >= 4 is 21.8 Å². The normalized spacial score (nSPS) is 17.7. The van der Waals surface area contributed by atoms with E-state index in [4.69, 9.17) is 0 Å². The summed E-state index contributed by atoms with van der Waals surface area (Å²) in [6.45, 7) is 2.81. The van der Waals surface area contributed by atoms with Crippen molar-refractivity contribution in [1.29, 1.82) is 0 Å². The molecule has 1 aliphatic rings. The van der Waals surface area contributed by atoms with E-state index in [2.05, 4.69) is 35.0 Å². The maximum absolute atomic E-state index is 12.5. The first-order chi connectivity index (χ1) is 8.51. The van der Waals surface area contributed by atoms with Gasteiger partial charge in [0.2, 0.25) is 5.91 Å². The van der Waals surface area contributed by atoms with Gasteiger partial charge in [-0.3, -0.25) is 4.79 Å². The number of nitrogens with zero attached hydrogens (tertiary/aromatic N) is 1. The molecule has 1 aromatic carbocycles. The van der Waals surface area contributed by atoms with Gasteiger partial charge in [-0.25, -0.2) is 0 Å². The van der Waals surface area contributed by atoms with Crippen molar-refractivity contribution in [2.75, 3.05) is 7.05 Å². The average Bonchev–Trinajstić information content (AvgIpc) is 2.79. The third-order valence-corrected chi connectivity index (χ3v) is 4.43. The minimum absolute atomic E-state index is 0.121. The first-order valence-corrected chi connectivity index (χ1v) is 7.31. The predicted molar refractivity (Wildman–Crippen MR) is 77.2 cm³/mol. The Hall–Kier alpha value is -0.830. The second-order valence-corrected chi connectivity index (χ2v) is 6.47. The van der Waals surface area contributed by atoms with E-state index in [1.165, 1.54) is 18.4 Å². The van der Waals surface area contributed by atoms with E-state index in [9.17, 15) is 4.79 Å². The van der Waals surface area contributed by atoms with Gasteiger partial charge < -0.3 is 4.90 Å².